The molecule has 0 radical (unpaired) electrons. The number of hydrogen-bond acceptors (Lipinski definition) is 4. The van der Waals surface area contributed by atoms with Crippen LogP contribution in [0.4, 0.5) is 0 Å². The van der Waals surface area contributed by atoms with Gasteiger partial charge in [-0.15, -0.1) is 0 Å². The van der Waals surface area contributed by atoms with Crippen molar-refractivity contribution in [1.82, 2.24) is 4.72 Å². The number of ether oxygens (including phenoxy) is 1. The second kappa shape index (κ2) is 5.18. The molecule has 104 valence electrons. The predicted molar refractivity (Wildman–Crippen MR) is 67.5 cm³/mol. The van der Waals surface area contributed by atoms with Gasteiger partial charge >= 0.3 is 5.97 Å². The van der Waals surface area contributed by atoms with E-state index in [2.05, 4.69) is 4.72 Å². The van der Waals surface area contributed by atoms with Gasteiger partial charge in [0.05, 0.1) is 4.90 Å². The Hall–Kier alpha value is -1.60. The third-order valence-corrected chi connectivity index (χ3v) is 4.42. The number of carbonyl (C=O) groups is 1. The molecule has 0 aliphatic heterocycles. The molecule has 2 N–H and O–H groups in total. The molecule has 1 aliphatic rings. The van der Waals surface area contributed by atoms with E-state index in [9.17, 15) is 13.2 Å². The lowest BCUT2D eigenvalue weighted by atomic mass is 10.3. The zero-order chi connectivity index (χ0) is 14.0. The normalized spacial score (nSPS) is 21.9. The minimum atomic E-state index is -3.50. The summed E-state index contributed by atoms with van der Waals surface area (Å²) in [6, 6.07) is 5.69. The molecule has 0 amide bonds. The van der Waals surface area contributed by atoms with Crippen molar-refractivity contribution in [1.29, 1.82) is 0 Å². The van der Waals surface area contributed by atoms with E-state index in [0.717, 1.165) is 6.42 Å². The molecule has 2 unspecified atom stereocenters. The van der Waals surface area contributed by atoms with Crippen molar-refractivity contribution >= 4 is 16.0 Å². The van der Waals surface area contributed by atoms with Gasteiger partial charge in [0.1, 0.15) is 5.75 Å². The Balaban J connectivity index is 2.02. The van der Waals surface area contributed by atoms with Crippen molar-refractivity contribution < 1.29 is 23.1 Å². The number of hydrogen-bond donors (Lipinski definition) is 2. The van der Waals surface area contributed by atoms with E-state index >= 15 is 0 Å². The van der Waals surface area contributed by atoms with Crippen molar-refractivity contribution in [2.24, 2.45) is 5.92 Å². The van der Waals surface area contributed by atoms with Crippen LogP contribution in [0.2, 0.25) is 0 Å². The van der Waals surface area contributed by atoms with Crippen LogP contribution in [0.25, 0.3) is 0 Å². The molecule has 1 aliphatic carbocycles. The first kappa shape index (κ1) is 13.8. The molecule has 0 heterocycles. The second-order valence-corrected chi connectivity index (χ2v) is 6.31. The first-order valence-corrected chi connectivity index (χ1v) is 7.34. The van der Waals surface area contributed by atoms with E-state index in [1.807, 2.05) is 6.92 Å². The van der Waals surface area contributed by atoms with Crippen LogP contribution < -0.4 is 9.46 Å². The number of benzene rings is 1. The van der Waals surface area contributed by atoms with Crippen LogP contribution in [-0.4, -0.2) is 32.1 Å². The molecule has 7 heteroatoms. The average Bonchev–Trinajstić information content (AvgIpc) is 3.02. The van der Waals surface area contributed by atoms with E-state index in [1.54, 1.807) is 0 Å². The molecule has 19 heavy (non-hydrogen) atoms. The van der Waals surface area contributed by atoms with Gasteiger partial charge in [-0.25, -0.2) is 17.9 Å². The molecule has 0 saturated heterocycles. The Morgan fingerprint density at radius 2 is 2.00 bits per heavy atom. The van der Waals surface area contributed by atoms with Crippen LogP contribution in [0, 0.1) is 5.92 Å². The molecular weight excluding hydrogens is 270 g/mol. The first-order chi connectivity index (χ1) is 8.88. The molecule has 6 nitrogen and oxygen atoms in total. The van der Waals surface area contributed by atoms with Crippen LogP contribution in [0.15, 0.2) is 29.2 Å². The van der Waals surface area contributed by atoms with Crippen LogP contribution in [0.3, 0.4) is 0 Å². The van der Waals surface area contributed by atoms with Gasteiger partial charge in [-0.2, -0.15) is 0 Å². The minimum Gasteiger partial charge on any atom is -0.482 e. The van der Waals surface area contributed by atoms with Crippen LogP contribution in [-0.2, 0) is 14.8 Å². The summed E-state index contributed by atoms with van der Waals surface area (Å²) in [5.74, 6) is -0.379. The van der Waals surface area contributed by atoms with Gasteiger partial charge in [0, 0.05) is 6.04 Å². The molecular formula is C12H15NO5S. The number of carboxylic acid groups (broad SMARTS) is 1. The Labute approximate surface area is 111 Å². The van der Waals surface area contributed by atoms with Crippen molar-refractivity contribution in [3.63, 3.8) is 0 Å². The lowest BCUT2D eigenvalue weighted by Gasteiger charge is -2.07. The fourth-order valence-electron chi connectivity index (χ4n) is 1.61. The standard InChI is InChI=1S/C12H15NO5S/c1-8-6-11(8)13-19(16,17)10-4-2-9(3-5-10)18-7-12(14)15/h2-5,8,11,13H,6-7H2,1H3,(H,14,15). The minimum absolute atomic E-state index is 0.0212. The summed E-state index contributed by atoms with van der Waals surface area (Å²) < 4.78 is 31.5. The van der Waals surface area contributed by atoms with Gasteiger partial charge in [0.2, 0.25) is 10.0 Å². The van der Waals surface area contributed by atoms with Crippen LogP contribution >= 0.6 is 0 Å². The summed E-state index contributed by atoms with van der Waals surface area (Å²) >= 11 is 0. The Morgan fingerprint density at radius 1 is 1.42 bits per heavy atom. The van der Waals surface area contributed by atoms with Gasteiger partial charge in [-0.1, -0.05) is 6.92 Å². The molecule has 1 aromatic carbocycles. The van der Waals surface area contributed by atoms with E-state index in [-0.39, 0.29) is 10.9 Å². The highest BCUT2D eigenvalue weighted by molar-refractivity contribution is 7.89. The number of carboxylic acids is 1. The summed E-state index contributed by atoms with van der Waals surface area (Å²) in [4.78, 5) is 10.5. The fraction of sp³-hybridized carbons (Fsp3) is 0.417. The average molecular weight is 285 g/mol. The van der Waals surface area contributed by atoms with Gasteiger partial charge in [0.25, 0.3) is 0 Å². The topological polar surface area (TPSA) is 92.7 Å². The van der Waals surface area contributed by atoms with Crippen molar-refractivity contribution in [2.45, 2.75) is 24.3 Å². The zero-order valence-electron chi connectivity index (χ0n) is 10.4. The van der Waals surface area contributed by atoms with Crippen molar-refractivity contribution in [2.75, 3.05) is 6.61 Å². The number of nitrogens with one attached hydrogen (secondary N) is 1. The molecule has 1 aromatic rings. The fourth-order valence-corrected chi connectivity index (χ4v) is 2.97. The largest absolute Gasteiger partial charge is 0.482 e. The predicted octanol–water partition coefficient (Wildman–Crippen LogP) is 0.837. The number of sulfonamides is 1. The van der Waals surface area contributed by atoms with E-state index in [1.165, 1.54) is 24.3 Å². The third-order valence-electron chi connectivity index (χ3n) is 2.91. The molecule has 2 atom stereocenters. The maximum absolute atomic E-state index is 12.0. The molecule has 0 bridgehead atoms. The molecule has 0 spiro atoms. The van der Waals surface area contributed by atoms with E-state index in [0.29, 0.717) is 11.7 Å². The Bertz CT molecular complexity index is 566. The second-order valence-electron chi connectivity index (χ2n) is 4.59. The molecule has 1 fully saturated rings. The lowest BCUT2D eigenvalue weighted by molar-refractivity contribution is -0.139. The first-order valence-electron chi connectivity index (χ1n) is 5.85. The zero-order valence-corrected chi connectivity index (χ0v) is 11.2. The monoisotopic (exact) mass is 285 g/mol. The maximum Gasteiger partial charge on any atom is 0.341 e. The summed E-state index contributed by atoms with van der Waals surface area (Å²) in [5.41, 5.74) is 0. The van der Waals surface area contributed by atoms with Crippen molar-refractivity contribution in [3.8, 4) is 5.75 Å². The van der Waals surface area contributed by atoms with Gasteiger partial charge in [-0.3, -0.25) is 0 Å². The molecule has 0 aromatic heterocycles. The van der Waals surface area contributed by atoms with Crippen LogP contribution in [0.5, 0.6) is 5.75 Å². The van der Waals surface area contributed by atoms with Gasteiger partial charge < -0.3 is 9.84 Å². The summed E-state index contributed by atoms with van der Waals surface area (Å²) in [6.45, 7) is 1.53. The number of aliphatic carboxylic acids is 1. The lowest BCUT2D eigenvalue weighted by Crippen LogP contribution is -2.26. The van der Waals surface area contributed by atoms with Crippen LogP contribution in [0.1, 0.15) is 13.3 Å². The van der Waals surface area contributed by atoms with E-state index < -0.39 is 22.6 Å². The van der Waals surface area contributed by atoms with E-state index in [4.69, 9.17) is 9.84 Å². The summed E-state index contributed by atoms with van der Waals surface area (Å²) in [5, 5.41) is 8.46. The highest BCUT2D eigenvalue weighted by Crippen LogP contribution is 2.30. The third kappa shape index (κ3) is 3.68. The molecule has 2 rings (SSSR count). The van der Waals surface area contributed by atoms with Gasteiger partial charge in [0.15, 0.2) is 6.61 Å². The number of rotatable bonds is 6. The summed E-state index contributed by atoms with van der Waals surface area (Å²) in [6.07, 6.45) is 0.860. The quantitative estimate of drug-likeness (QED) is 0.808. The Morgan fingerprint density at radius 3 is 2.47 bits per heavy atom. The van der Waals surface area contributed by atoms with Gasteiger partial charge in [-0.05, 0) is 36.6 Å². The summed E-state index contributed by atoms with van der Waals surface area (Å²) in [7, 11) is -3.50. The molecule has 1 saturated carbocycles. The highest BCUT2D eigenvalue weighted by Gasteiger charge is 2.36. The van der Waals surface area contributed by atoms with Crippen molar-refractivity contribution in [3.05, 3.63) is 24.3 Å². The maximum atomic E-state index is 12.0. The SMILES string of the molecule is CC1CC1NS(=O)(=O)c1ccc(OCC(=O)O)cc1. The Kier molecular flexibility index (Phi) is 3.77. The highest BCUT2D eigenvalue weighted by atomic mass is 32.2. The smallest absolute Gasteiger partial charge is 0.341 e.